The average Bonchev–Trinajstić information content (AvgIpc) is 2.51. The summed E-state index contributed by atoms with van der Waals surface area (Å²) in [4.78, 5) is 0. The zero-order valence-corrected chi connectivity index (χ0v) is 13.1. The van der Waals surface area contributed by atoms with Crippen LogP contribution in [0.1, 0.15) is 50.2 Å². The van der Waals surface area contributed by atoms with Gasteiger partial charge >= 0.3 is 6.18 Å². The topological polar surface area (TPSA) is 0 Å². The molecule has 0 nitrogen and oxygen atoms in total. The summed E-state index contributed by atoms with van der Waals surface area (Å²) >= 11 is 0. The molecule has 0 heterocycles. The number of halogens is 4. The van der Waals surface area contributed by atoms with E-state index < -0.39 is 17.6 Å². The second kappa shape index (κ2) is 7.68. The summed E-state index contributed by atoms with van der Waals surface area (Å²) in [6, 6.07) is 2.75. The van der Waals surface area contributed by atoms with Gasteiger partial charge in [-0.2, -0.15) is 13.2 Å². The molecule has 0 N–H and O–H groups in total. The molecule has 1 fully saturated rings. The SMILES string of the molecule is CCC1CCC(C=CC#Cc2ccc(C(F)(F)F)c(F)c2)CC1. The normalized spacial score (nSPS) is 22.0. The predicted octanol–water partition coefficient (Wildman–Crippen LogP) is 5.97. The van der Waals surface area contributed by atoms with Gasteiger partial charge in [-0.05, 0) is 61.8 Å². The van der Waals surface area contributed by atoms with E-state index in [0.717, 1.165) is 30.9 Å². The van der Waals surface area contributed by atoms with Gasteiger partial charge in [0.2, 0.25) is 0 Å². The Morgan fingerprint density at radius 2 is 1.87 bits per heavy atom. The molecular formula is C19H20F4. The van der Waals surface area contributed by atoms with E-state index in [-0.39, 0.29) is 5.56 Å². The third kappa shape index (κ3) is 5.13. The van der Waals surface area contributed by atoms with Crippen molar-refractivity contribution in [3.8, 4) is 11.8 Å². The molecule has 0 aromatic heterocycles. The maximum atomic E-state index is 13.4. The minimum absolute atomic E-state index is 0.245. The van der Waals surface area contributed by atoms with Gasteiger partial charge in [0.15, 0.2) is 0 Å². The van der Waals surface area contributed by atoms with Crippen molar-refractivity contribution in [3.05, 3.63) is 47.3 Å². The number of rotatable bonds is 2. The van der Waals surface area contributed by atoms with Crippen LogP contribution in [0.25, 0.3) is 0 Å². The first-order valence-corrected chi connectivity index (χ1v) is 7.95. The van der Waals surface area contributed by atoms with Gasteiger partial charge in [0, 0.05) is 5.56 Å². The van der Waals surface area contributed by atoms with Crippen LogP contribution in [0.3, 0.4) is 0 Å². The molecule has 0 radical (unpaired) electrons. The Kier molecular flexibility index (Phi) is 5.87. The monoisotopic (exact) mass is 324 g/mol. The Labute approximate surface area is 134 Å². The largest absolute Gasteiger partial charge is 0.419 e. The summed E-state index contributed by atoms with van der Waals surface area (Å²) in [7, 11) is 0. The molecule has 0 unspecified atom stereocenters. The molecule has 1 aromatic rings. The fourth-order valence-electron chi connectivity index (χ4n) is 2.92. The van der Waals surface area contributed by atoms with Crippen LogP contribution in [-0.2, 0) is 6.18 Å². The first-order valence-electron chi connectivity index (χ1n) is 7.95. The highest BCUT2D eigenvalue weighted by Gasteiger charge is 2.33. The molecule has 0 bridgehead atoms. The minimum Gasteiger partial charge on any atom is -0.206 e. The summed E-state index contributed by atoms with van der Waals surface area (Å²) in [5, 5.41) is 0. The Balaban J connectivity index is 1.95. The standard InChI is InChI=1S/C19H20F4/c1-2-14-7-9-15(10-8-14)5-3-4-6-16-11-12-17(18(20)13-16)19(21,22)23/h3,5,11-15H,2,7-10H2,1H3. The highest BCUT2D eigenvalue weighted by atomic mass is 19.4. The lowest BCUT2D eigenvalue weighted by molar-refractivity contribution is -0.140. The van der Waals surface area contributed by atoms with Gasteiger partial charge < -0.3 is 0 Å². The van der Waals surface area contributed by atoms with E-state index in [9.17, 15) is 17.6 Å². The van der Waals surface area contributed by atoms with Crippen molar-refractivity contribution in [2.45, 2.75) is 45.2 Å². The summed E-state index contributed by atoms with van der Waals surface area (Å²) in [5.74, 6) is 5.53. The minimum atomic E-state index is -4.67. The highest BCUT2D eigenvalue weighted by Crippen LogP contribution is 2.32. The molecule has 124 valence electrons. The van der Waals surface area contributed by atoms with Crippen molar-refractivity contribution in [2.24, 2.45) is 11.8 Å². The molecule has 2 rings (SSSR count). The Morgan fingerprint density at radius 1 is 1.17 bits per heavy atom. The third-order valence-electron chi connectivity index (χ3n) is 4.41. The molecule has 1 saturated carbocycles. The van der Waals surface area contributed by atoms with Crippen molar-refractivity contribution < 1.29 is 17.6 Å². The van der Waals surface area contributed by atoms with E-state index in [4.69, 9.17) is 0 Å². The zero-order chi connectivity index (χ0) is 16.9. The zero-order valence-electron chi connectivity index (χ0n) is 13.1. The smallest absolute Gasteiger partial charge is 0.206 e. The van der Waals surface area contributed by atoms with E-state index in [0.29, 0.717) is 5.92 Å². The van der Waals surface area contributed by atoms with Crippen LogP contribution in [0.2, 0.25) is 0 Å². The number of allylic oxidation sites excluding steroid dienone is 2. The van der Waals surface area contributed by atoms with E-state index >= 15 is 0 Å². The summed E-state index contributed by atoms with van der Waals surface area (Å²) in [5.41, 5.74) is -1.01. The Morgan fingerprint density at radius 3 is 2.43 bits per heavy atom. The first-order chi connectivity index (χ1) is 10.9. The first kappa shape index (κ1) is 17.6. The van der Waals surface area contributed by atoms with Gasteiger partial charge in [-0.3, -0.25) is 0 Å². The van der Waals surface area contributed by atoms with Crippen molar-refractivity contribution >= 4 is 0 Å². The second-order valence-electron chi connectivity index (χ2n) is 6.01. The fraction of sp³-hybridized carbons (Fsp3) is 0.474. The lowest BCUT2D eigenvalue weighted by Gasteiger charge is -2.25. The third-order valence-corrected chi connectivity index (χ3v) is 4.41. The van der Waals surface area contributed by atoms with Crippen LogP contribution in [-0.4, -0.2) is 0 Å². The van der Waals surface area contributed by atoms with Gasteiger partial charge in [0.1, 0.15) is 5.82 Å². The van der Waals surface area contributed by atoms with Gasteiger partial charge in [-0.25, -0.2) is 4.39 Å². The van der Waals surface area contributed by atoms with E-state index in [1.807, 2.05) is 0 Å². The Hall–Kier alpha value is -1.76. The number of benzene rings is 1. The van der Waals surface area contributed by atoms with Crippen LogP contribution < -0.4 is 0 Å². The quantitative estimate of drug-likeness (QED) is 0.464. The van der Waals surface area contributed by atoms with E-state index in [2.05, 4.69) is 24.8 Å². The second-order valence-corrected chi connectivity index (χ2v) is 6.01. The molecule has 0 amide bonds. The average molecular weight is 324 g/mol. The summed E-state index contributed by atoms with van der Waals surface area (Å²) in [6.07, 6.45) is 5.14. The molecule has 1 aromatic carbocycles. The van der Waals surface area contributed by atoms with Gasteiger partial charge in [0.05, 0.1) is 5.56 Å². The van der Waals surface area contributed by atoms with Crippen molar-refractivity contribution in [3.63, 3.8) is 0 Å². The maximum absolute atomic E-state index is 13.4. The van der Waals surface area contributed by atoms with Crippen molar-refractivity contribution in [1.29, 1.82) is 0 Å². The fourth-order valence-corrected chi connectivity index (χ4v) is 2.92. The van der Waals surface area contributed by atoms with E-state index in [1.165, 1.54) is 25.3 Å². The van der Waals surface area contributed by atoms with Crippen LogP contribution in [0.15, 0.2) is 30.4 Å². The highest BCUT2D eigenvalue weighted by molar-refractivity contribution is 5.39. The van der Waals surface area contributed by atoms with Gasteiger partial charge in [0.25, 0.3) is 0 Å². The number of alkyl halides is 3. The molecule has 4 heteroatoms. The van der Waals surface area contributed by atoms with Gasteiger partial charge in [-0.1, -0.05) is 31.3 Å². The molecule has 1 aliphatic carbocycles. The van der Waals surface area contributed by atoms with Crippen LogP contribution in [0, 0.1) is 29.5 Å². The lowest BCUT2D eigenvalue weighted by atomic mass is 9.81. The maximum Gasteiger partial charge on any atom is 0.419 e. The Bertz CT molecular complexity index is 608. The number of hydrogen-bond donors (Lipinski definition) is 0. The predicted molar refractivity (Wildman–Crippen MR) is 83.2 cm³/mol. The van der Waals surface area contributed by atoms with Crippen molar-refractivity contribution in [2.75, 3.05) is 0 Å². The molecule has 1 aliphatic rings. The summed E-state index contributed by atoms with van der Waals surface area (Å²) in [6.45, 7) is 2.22. The molecule has 0 atom stereocenters. The van der Waals surface area contributed by atoms with Crippen LogP contribution >= 0.6 is 0 Å². The van der Waals surface area contributed by atoms with E-state index in [1.54, 1.807) is 6.08 Å². The number of hydrogen-bond acceptors (Lipinski definition) is 0. The molecule has 0 aliphatic heterocycles. The summed E-state index contributed by atoms with van der Waals surface area (Å²) < 4.78 is 50.8. The lowest BCUT2D eigenvalue weighted by Crippen LogP contribution is -2.11. The molecule has 23 heavy (non-hydrogen) atoms. The van der Waals surface area contributed by atoms with Crippen LogP contribution in [0.5, 0.6) is 0 Å². The molecule has 0 saturated heterocycles. The van der Waals surface area contributed by atoms with Crippen molar-refractivity contribution in [1.82, 2.24) is 0 Å². The molecular weight excluding hydrogens is 304 g/mol. The van der Waals surface area contributed by atoms with Crippen LogP contribution in [0.4, 0.5) is 17.6 Å². The van der Waals surface area contributed by atoms with Gasteiger partial charge in [-0.15, -0.1) is 0 Å². The molecule has 0 spiro atoms.